The van der Waals surface area contributed by atoms with Crippen molar-refractivity contribution in [1.29, 1.82) is 0 Å². The molecule has 2 aromatic heterocycles. The fourth-order valence-electron chi connectivity index (χ4n) is 4.27. The predicted octanol–water partition coefficient (Wildman–Crippen LogP) is 4.75. The van der Waals surface area contributed by atoms with Crippen LogP contribution in [0.2, 0.25) is 0 Å². The highest BCUT2D eigenvalue weighted by molar-refractivity contribution is 9.10. The van der Waals surface area contributed by atoms with Crippen LogP contribution in [0.15, 0.2) is 29.0 Å². The lowest BCUT2D eigenvalue weighted by Gasteiger charge is -2.24. The zero-order chi connectivity index (χ0) is 23.3. The van der Waals surface area contributed by atoms with Crippen LogP contribution >= 0.6 is 15.9 Å². The molecular weight excluding hydrogens is 505 g/mol. The summed E-state index contributed by atoms with van der Waals surface area (Å²) in [6, 6.07) is 3.82. The Morgan fingerprint density at radius 1 is 1.30 bits per heavy atom. The van der Waals surface area contributed by atoms with Gasteiger partial charge in [-0.2, -0.15) is 13.2 Å². The van der Waals surface area contributed by atoms with Gasteiger partial charge in [-0.05, 0) is 40.8 Å². The van der Waals surface area contributed by atoms with Crippen LogP contribution in [-0.2, 0) is 10.9 Å². The van der Waals surface area contributed by atoms with E-state index in [4.69, 9.17) is 0 Å². The molecule has 2 aliphatic rings. The number of halogens is 4. The molecule has 1 saturated heterocycles. The highest BCUT2D eigenvalue weighted by Crippen LogP contribution is 2.42. The first kappa shape index (κ1) is 22.0. The Labute approximate surface area is 194 Å². The molecule has 12 heteroatoms. The van der Waals surface area contributed by atoms with Crippen molar-refractivity contribution in [3.63, 3.8) is 0 Å². The fourth-order valence-corrected chi connectivity index (χ4v) is 4.83. The van der Waals surface area contributed by atoms with Crippen LogP contribution < -0.4 is 16.0 Å². The number of piperidine rings is 1. The van der Waals surface area contributed by atoms with Crippen molar-refractivity contribution in [2.24, 2.45) is 5.92 Å². The zero-order valence-electron chi connectivity index (χ0n) is 17.4. The highest BCUT2D eigenvalue weighted by atomic mass is 79.9. The quantitative estimate of drug-likeness (QED) is 0.392. The van der Waals surface area contributed by atoms with Crippen molar-refractivity contribution in [1.82, 2.24) is 20.3 Å². The molecule has 0 spiro atoms. The molecule has 1 aromatic carbocycles. The molecule has 1 aliphatic heterocycles. The number of ether oxygens (including phenoxy) is 1. The number of aromatic nitrogens is 3. The Kier molecular flexibility index (Phi) is 5.44. The van der Waals surface area contributed by atoms with Crippen LogP contribution in [0.3, 0.4) is 0 Å². The van der Waals surface area contributed by atoms with Gasteiger partial charge in [0.2, 0.25) is 5.95 Å². The van der Waals surface area contributed by atoms with Crippen molar-refractivity contribution in [3.05, 3.63) is 34.6 Å². The third-order valence-electron chi connectivity index (χ3n) is 6.03. The van der Waals surface area contributed by atoms with E-state index in [-0.39, 0.29) is 23.2 Å². The minimum Gasteiger partial charge on any atom is -0.453 e. The molecule has 1 saturated carbocycles. The molecule has 5 rings (SSSR count). The summed E-state index contributed by atoms with van der Waals surface area (Å²) in [5, 5.41) is 9.65. The molecule has 0 radical (unpaired) electrons. The number of hydrogen-bond acceptors (Lipinski definition) is 6. The highest BCUT2D eigenvalue weighted by Gasteiger charge is 2.42. The maximum Gasteiger partial charge on any atom is 0.419 e. The molecule has 2 fully saturated rings. The second-order valence-corrected chi connectivity index (χ2v) is 9.00. The topological polar surface area (TPSA) is 104 Å². The number of nitrogens with one attached hydrogen (secondary N) is 4. The molecule has 3 atom stereocenters. The first-order chi connectivity index (χ1) is 15.7. The molecule has 4 N–H and O–H groups in total. The number of anilines is 2. The summed E-state index contributed by atoms with van der Waals surface area (Å²) in [4.78, 5) is 22.8. The summed E-state index contributed by atoms with van der Waals surface area (Å²) in [6.45, 7) is 0.719. The van der Waals surface area contributed by atoms with E-state index in [0.717, 1.165) is 25.6 Å². The minimum absolute atomic E-state index is 0.0578. The van der Waals surface area contributed by atoms with Crippen LogP contribution in [0, 0.1) is 5.92 Å². The second-order valence-electron chi connectivity index (χ2n) is 8.21. The normalized spacial score (nSPS) is 22.0. The standard InChI is InChI=1S/C21H20BrF3N6O2/c1-33-20(32)30-14-3-2-11-12(7-27-18(11)16(14)22)17-13(21(23,24)25)8-28-19(31-17)29-10-4-9-5-15(9)26-6-10/h2-3,7-10,15,26-27H,4-6H2,1H3,(H,30,32)(H,28,29,31)/t9?,10-,15-/m0/s1. The van der Waals surface area contributed by atoms with Crippen LogP contribution in [0.25, 0.3) is 22.2 Å². The lowest BCUT2D eigenvalue weighted by Crippen LogP contribution is -2.39. The molecule has 8 nitrogen and oxygen atoms in total. The Morgan fingerprint density at radius 2 is 2.12 bits per heavy atom. The van der Waals surface area contributed by atoms with Gasteiger partial charge in [-0.3, -0.25) is 5.32 Å². The number of H-pyrrole nitrogens is 1. The van der Waals surface area contributed by atoms with Gasteiger partial charge in [-0.1, -0.05) is 6.07 Å². The van der Waals surface area contributed by atoms with Crippen LogP contribution in [-0.4, -0.2) is 46.8 Å². The van der Waals surface area contributed by atoms with Crippen molar-refractivity contribution in [2.45, 2.75) is 31.1 Å². The van der Waals surface area contributed by atoms with Gasteiger partial charge in [0.25, 0.3) is 0 Å². The van der Waals surface area contributed by atoms with E-state index in [1.807, 2.05) is 0 Å². The number of aromatic amines is 1. The first-order valence-corrected chi connectivity index (χ1v) is 11.1. The number of alkyl halides is 3. The Balaban J connectivity index is 1.53. The van der Waals surface area contributed by atoms with Gasteiger partial charge in [0.1, 0.15) is 5.56 Å². The van der Waals surface area contributed by atoms with E-state index in [1.54, 1.807) is 12.1 Å². The molecule has 3 aromatic rings. The van der Waals surface area contributed by atoms with Crippen LogP contribution in [0.4, 0.5) is 29.6 Å². The number of methoxy groups -OCH3 is 1. The largest absolute Gasteiger partial charge is 0.453 e. The molecule has 174 valence electrons. The number of hydrogen-bond donors (Lipinski definition) is 4. The third-order valence-corrected chi connectivity index (χ3v) is 6.86. The number of rotatable bonds is 4. The average molecular weight is 525 g/mol. The molecule has 1 unspecified atom stereocenters. The molecular formula is C21H20BrF3N6O2. The monoisotopic (exact) mass is 524 g/mol. The zero-order valence-corrected chi connectivity index (χ0v) is 19.0. The van der Waals surface area contributed by atoms with Gasteiger partial charge in [-0.15, -0.1) is 0 Å². The number of benzene rings is 1. The third kappa shape index (κ3) is 4.24. The number of fused-ring (bicyclic) bond motifs is 2. The summed E-state index contributed by atoms with van der Waals surface area (Å²) in [5.74, 6) is 0.755. The molecule has 33 heavy (non-hydrogen) atoms. The summed E-state index contributed by atoms with van der Waals surface area (Å²) < 4.78 is 46.5. The van der Waals surface area contributed by atoms with E-state index >= 15 is 0 Å². The summed E-state index contributed by atoms with van der Waals surface area (Å²) >= 11 is 3.40. The Bertz CT molecular complexity index is 1230. The number of nitrogens with zero attached hydrogens (tertiary/aromatic N) is 2. The lowest BCUT2D eigenvalue weighted by atomic mass is 10.1. The first-order valence-electron chi connectivity index (χ1n) is 10.3. The molecule has 0 bridgehead atoms. The fraction of sp³-hybridized carbons (Fsp3) is 0.381. The smallest absolute Gasteiger partial charge is 0.419 e. The van der Waals surface area contributed by atoms with E-state index in [2.05, 4.69) is 51.6 Å². The van der Waals surface area contributed by atoms with Crippen molar-refractivity contribution < 1.29 is 22.7 Å². The van der Waals surface area contributed by atoms with Gasteiger partial charge >= 0.3 is 12.3 Å². The SMILES string of the molecule is COC(=O)Nc1ccc2c(-c3nc(N[C@@H]4CN[C@H]5CC5C4)ncc3C(F)(F)F)c[nH]c2c1Br. The van der Waals surface area contributed by atoms with Crippen molar-refractivity contribution in [3.8, 4) is 11.3 Å². The van der Waals surface area contributed by atoms with Gasteiger partial charge in [0, 0.05) is 42.0 Å². The second kappa shape index (κ2) is 8.17. The summed E-state index contributed by atoms with van der Waals surface area (Å²) in [7, 11) is 1.24. The van der Waals surface area contributed by atoms with Gasteiger partial charge in [0.05, 0.1) is 28.5 Å². The molecule has 3 heterocycles. The number of carbonyl (C=O) groups is 1. The summed E-state index contributed by atoms with van der Waals surface area (Å²) in [6.07, 6.45) is -0.934. The van der Waals surface area contributed by atoms with E-state index < -0.39 is 17.8 Å². The maximum absolute atomic E-state index is 13.8. The van der Waals surface area contributed by atoms with Crippen molar-refractivity contribution >= 4 is 44.6 Å². The maximum atomic E-state index is 13.8. The van der Waals surface area contributed by atoms with Gasteiger partial charge in [-0.25, -0.2) is 14.8 Å². The molecule has 1 aliphatic carbocycles. The van der Waals surface area contributed by atoms with Gasteiger partial charge in [0.15, 0.2) is 0 Å². The minimum atomic E-state index is -4.63. The van der Waals surface area contributed by atoms with E-state index in [1.165, 1.54) is 13.3 Å². The van der Waals surface area contributed by atoms with Crippen molar-refractivity contribution in [2.75, 3.05) is 24.3 Å². The summed E-state index contributed by atoms with van der Waals surface area (Å²) in [5.41, 5.74) is 0.0475. The van der Waals surface area contributed by atoms with Gasteiger partial charge < -0.3 is 20.4 Å². The Morgan fingerprint density at radius 3 is 2.85 bits per heavy atom. The predicted molar refractivity (Wildman–Crippen MR) is 120 cm³/mol. The molecule has 1 amide bonds. The number of amides is 1. The van der Waals surface area contributed by atoms with Crippen LogP contribution in [0.5, 0.6) is 0 Å². The van der Waals surface area contributed by atoms with E-state index in [9.17, 15) is 18.0 Å². The number of carbonyl (C=O) groups excluding carboxylic acids is 1. The average Bonchev–Trinajstić information content (AvgIpc) is 3.42. The van der Waals surface area contributed by atoms with E-state index in [0.29, 0.717) is 33.0 Å². The Hall–Kier alpha value is -2.86. The lowest BCUT2D eigenvalue weighted by molar-refractivity contribution is -0.137. The van der Waals surface area contributed by atoms with Crippen LogP contribution in [0.1, 0.15) is 18.4 Å².